The lowest BCUT2D eigenvalue weighted by atomic mass is 9.85. The topological polar surface area (TPSA) is 46.9 Å². The number of fused-ring (bicyclic) bond motifs is 1. The maximum Gasteiger partial charge on any atom is 0.272 e. The molecule has 1 atom stereocenters. The van der Waals surface area contributed by atoms with Crippen LogP contribution in [0.25, 0.3) is 5.69 Å². The summed E-state index contributed by atoms with van der Waals surface area (Å²) in [7, 11) is 0. The van der Waals surface area contributed by atoms with Gasteiger partial charge in [0.15, 0.2) is 5.69 Å². The van der Waals surface area contributed by atoms with Crippen molar-refractivity contribution in [2.75, 3.05) is 6.54 Å². The van der Waals surface area contributed by atoms with Gasteiger partial charge in [0, 0.05) is 23.0 Å². The number of aromatic nitrogens is 2. The van der Waals surface area contributed by atoms with Crippen LogP contribution in [0, 0.1) is 11.7 Å². The van der Waals surface area contributed by atoms with Crippen molar-refractivity contribution in [2.45, 2.75) is 57.3 Å². The molecule has 178 valence electrons. The van der Waals surface area contributed by atoms with Crippen LogP contribution in [0.1, 0.15) is 71.8 Å². The van der Waals surface area contributed by atoms with E-state index in [2.05, 4.69) is 5.32 Å². The number of rotatable bonds is 6. The van der Waals surface area contributed by atoms with Gasteiger partial charge in [-0.25, -0.2) is 9.07 Å². The van der Waals surface area contributed by atoms with E-state index in [1.54, 1.807) is 12.1 Å². The molecule has 5 rings (SSSR count). The fraction of sp³-hybridized carbons (Fsp3) is 0.407. The zero-order valence-corrected chi connectivity index (χ0v) is 20.5. The molecule has 0 radical (unpaired) electrons. The van der Waals surface area contributed by atoms with E-state index in [1.165, 1.54) is 31.4 Å². The van der Waals surface area contributed by atoms with Crippen LogP contribution >= 0.6 is 23.2 Å². The number of nitrogens with one attached hydrogen (secondary N) is 1. The molecule has 34 heavy (non-hydrogen) atoms. The minimum Gasteiger partial charge on any atom is -0.350 e. The molecular formula is C27H28Cl2FN3O. The summed E-state index contributed by atoms with van der Waals surface area (Å²) in [5, 5.41) is 9.00. The number of nitrogens with zero attached hydrogens (tertiary/aromatic N) is 2. The Morgan fingerprint density at radius 2 is 1.85 bits per heavy atom. The third-order valence-electron chi connectivity index (χ3n) is 7.16. The highest BCUT2D eigenvalue weighted by Crippen LogP contribution is 2.38. The molecule has 0 saturated heterocycles. The van der Waals surface area contributed by atoms with Crippen LogP contribution in [0.2, 0.25) is 10.0 Å². The summed E-state index contributed by atoms with van der Waals surface area (Å²) in [6.07, 6.45) is 8.14. The second-order valence-electron chi connectivity index (χ2n) is 9.50. The lowest BCUT2D eigenvalue weighted by molar-refractivity contribution is 0.0932. The van der Waals surface area contributed by atoms with Gasteiger partial charge >= 0.3 is 0 Å². The fourth-order valence-electron chi connectivity index (χ4n) is 5.10. The summed E-state index contributed by atoms with van der Waals surface area (Å²) < 4.78 is 15.4. The van der Waals surface area contributed by atoms with Crippen molar-refractivity contribution < 1.29 is 9.18 Å². The molecule has 7 heteroatoms. The normalized spacial score (nSPS) is 18.1. The molecule has 1 unspecified atom stereocenters. The maximum absolute atomic E-state index is 13.5. The Morgan fingerprint density at radius 1 is 1.06 bits per heavy atom. The minimum atomic E-state index is -0.242. The standard InChI is InChI=1S/C27H28Cl2FN3O/c28-20-10-13-24(23(29)15-20)33-26-19(14-17-8-11-21(30)12-9-17)6-1-2-7-22(26)25(32-33)27(34)31-16-18-4-3-5-18/h8-13,15,18-19H,1-7,14,16H2,(H,31,34). The van der Waals surface area contributed by atoms with Gasteiger partial charge in [-0.3, -0.25) is 4.79 Å². The predicted octanol–water partition coefficient (Wildman–Crippen LogP) is 6.90. The number of benzene rings is 2. The molecule has 2 aliphatic carbocycles. The van der Waals surface area contributed by atoms with Crippen molar-refractivity contribution in [2.24, 2.45) is 5.92 Å². The Kier molecular flexibility index (Phi) is 6.94. The molecule has 0 bridgehead atoms. The summed E-state index contributed by atoms with van der Waals surface area (Å²) in [6.45, 7) is 0.696. The lowest BCUT2D eigenvalue weighted by Crippen LogP contribution is -2.32. The van der Waals surface area contributed by atoms with E-state index in [4.69, 9.17) is 28.3 Å². The van der Waals surface area contributed by atoms with Crippen molar-refractivity contribution >= 4 is 29.1 Å². The van der Waals surface area contributed by atoms with Crippen LogP contribution in [0.15, 0.2) is 42.5 Å². The smallest absolute Gasteiger partial charge is 0.272 e. The van der Waals surface area contributed by atoms with Gasteiger partial charge in [-0.15, -0.1) is 0 Å². The molecule has 2 aromatic carbocycles. The molecule has 1 aromatic heterocycles. The zero-order chi connectivity index (χ0) is 23.7. The molecule has 4 nitrogen and oxygen atoms in total. The highest BCUT2D eigenvalue weighted by atomic mass is 35.5. The van der Waals surface area contributed by atoms with Crippen LogP contribution in [0.4, 0.5) is 4.39 Å². The molecule has 3 aromatic rings. The van der Waals surface area contributed by atoms with E-state index in [0.29, 0.717) is 33.9 Å². The number of carbonyl (C=O) groups excluding carboxylic acids is 1. The third-order valence-corrected chi connectivity index (χ3v) is 7.70. The number of halogens is 3. The van der Waals surface area contributed by atoms with Gasteiger partial charge in [-0.05, 0) is 80.3 Å². The maximum atomic E-state index is 13.5. The molecule has 1 N–H and O–H groups in total. The van der Waals surface area contributed by atoms with E-state index in [1.807, 2.05) is 22.9 Å². The van der Waals surface area contributed by atoms with Crippen LogP contribution < -0.4 is 5.32 Å². The van der Waals surface area contributed by atoms with Crippen LogP contribution in [-0.4, -0.2) is 22.2 Å². The summed E-state index contributed by atoms with van der Waals surface area (Å²) in [6, 6.07) is 12.0. The second kappa shape index (κ2) is 10.1. The average molecular weight is 500 g/mol. The molecule has 1 amide bonds. The van der Waals surface area contributed by atoms with Crippen molar-refractivity contribution in [1.82, 2.24) is 15.1 Å². The molecule has 0 aliphatic heterocycles. The van der Waals surface area contributed by atoms with Gasteiger partial charge in [0.2, 0.25) is 0 Å². The molecule has 0 spiro atoms. The summed E-state index contributed by atoms with van der Waals surface area (Å²) in [5.41, 5.74) is 4.30. The summed E-state index contributed by atoms with van der Waals surface area (Å²) >= 11 is 12.8. The van der Waals surface area contributed by atoms with Gasteiger partial charge in [-0.1, -0.05) is 48.2 Å². The Balaban J connectivity index is 1.57. The fourth-order valence-corrected chi connectivity index (χ4v) is 5.59. The molecule has 1 fully saturated rings. The van der Waals surface area contributed by atoms with Gasteiger partial charge < -0.3 is 5.32 Å². The Hall–Kier alpha value is -2.37. The van der Waals surface area contributed by atoms with Gasteiger partial charge in [0.05, 0.1) is 16.4 Å². The van der Waals surface area contributed by atoms with Crippen molar-refractivity contribution in [3.63, 3.8) is 0 Å². The SMILES string of the molecule is O=C(NCC1CCC1)c1nn(-c2ccc(Cl)cc2Cl)c2c1CCCCC2Cc1ccc(F)cc1. The van der Waals surface area contributed by atoms with Gasteiger partial charge in [0.25, 0.3) is 5.91 Å². The number of carbonyl (C=O) groups is 1. The third kappa shape index (κ3) is 4.87. The Bertz CT molecular complexity index is 1190. The molecular weight excluding hydrogens is 472 g/mol. The van der Waals surface area contributed by atoms with Crippen molar-refractivity contribution in [3.05, 3.63) is 80.8 Å². The Labute approximate surface area is 209 Å². The first-order valence-electron chi connectivity index (χ1n) is 12.1. The average Bonchev–Trinajstić information content (AvgIpc) is 3.03. The van der Waals surface area contributed by atoms with E-state index in [0.717, 1.165) is 48.9 Å². The van der Waals surface area contributed by atoms with Gasteiger partial charge in [-0.2, -0.15) is 5.10 Å². The quantitative estimate of drug-likeness (QED) is 0.374. The number of amides is 1. The summed E-state index contributed by atoms with van der Waals surface area (Å²) in [4.78, 5) is 13.3. The van der Waals surface area contributed by atoms with E-state index < -0.39 is 0 Å². The van der Waals surface area contributed by atoms with Crippen LogP contribution in [0.3, 0.4) is 0 Å². The van der Waals surface area contributed by atoms with Gasteiger partial charge in [0.1, 0.15) is 5.82 Å². The minimum absolute atomic E-state index is 0.116. The van der Waals surface area contributed by atoms with E-state index in [9.17, 15) is 9.18 Å². The van der Waals surface area contributed by atoms with Crippen molar-refractivity contribution in [1.29, 1.82) is 0 Å². The highest BCUT2D eigenvalue weighted by molar-refractivity contribution is 6.35. The second-order valence-corrected chi connectivity index (χ2v) is 10.3. The van der Waals surface area contributed by atoms with E-state index in [-0.39, 0.29) is 17.6 Å². The predicted molar refractivity (Wildman–Crippen MR) is 134 cm³/mol. The number of hydrogen-bond acceptors (Lipinski definition) is 2. The Morgan fingerprint density at radius 3 is 2.56 bits per heavy atom. The summed E-state index contributed by atoms with van der Waals surface area (Å²) in [5.74, 6) is 0.347. The van der Waals surface area contributed by atoms with Crippen LogP contribution in [-0.2, 0) is 12.8 Å². The monoisotopic (exact) mass is 499 g/mol. The molecule has 1 heterocycles. The van der Waals surface area contributed by atoms with E-state index >= 15 is 0 Å². The molecule has 2 aliphatic rings. The first kappa shape index (κ1) is 23.4. The number of hydrogen-bond donors (Lipinski definition) is 1. The highest BCUT2D eigenvalue weighted by Gasteiger charge is 2.31. The largest absolute Gasteiger partial charge is 0.350 e. The zero-order valence-electron chi connectivity index (χ0n) is 19.0. The lowest BCUT2D eigenvalue weighted by Gasteiger charge is -2.25. The first-order chi connectivity index (χ1) is 16.5. The first-order valence-corrected chi connectivity index (χ1v) is 12.8. The molecule has 1 saturated carbocycles. The van der Waals surface area contributed by atoms with Crippen molar-refractivity contribution in [3.8, 4) is 5.69 Å². The van der Waals surface area contributed by atoms with Crippen LogP contribution in [0.5, 0.6) is 0 Å².